The van der Waals surface area contributed by atoms with E-state index in [2.05, 4.69) is 22.5 Å². The van der Waals surface area contributed by atoms with Crippen molar-refractivity contribution in [3.63, 3.8) is 0 Å². The summed E-state index contributed by atoms with van der Waals surface area (Å²) in [5, 5.41) is 0. The summed E-state index contributed by atoms with van der Waals surface area (Å²) in [4.78, 5) is 0. The number of hydrogen-bond donors (Lipinski definition) is 1. The van der Waals surface area contributed by atoms with Crippen LogP contribution in [0.5, 0.6) is 5.75 Å². The molecule has 0 saturated heterocycles. The molecule has 0 aromatic heterocycles. The summed E-state index contributed by atoms with van der Waals surface area (Å²) >= 11 is 3.45. The molecule has 2 nitrogen and oxygen atoms in total. The van der Waals surface area contributed by atoms with Gasteiger partial charge in [0.2, 0.25) is 0 Å². The van der Waals surface area contributed by atoms with Crippen molar-refractivity contribution in [2.75, 3.05) is 6.61 Å². The summed E-state index contributed by atoms with van der Waals surface area (Å²) in [5.41, 5.74) is 8.24. The van der Waals surface area contributed by atoms with Gasteiger partial charge in [-0.05, 0) is 38.5 Å². The smallest absolute Gasteiger partial charge is 0.124 e. The van der Waals surface area contributed by atoms with Crippen LogP contribution in [0.1, 0.15) is 31.9 Å². The molecule has 0 aliphatic carbocycles. The van der Waals surface area contributed by atoms with Gasteiger partial charge < -0.3 is 10.5 Å². The van der Waals surface area contributed by atoms with Gasteiger partial charge in [0, 0.05) is 16.1 Å². The van der Waals surface area contributed by atoms with Crippen LogP contribution in [0, 0.1) is 0 Å². The first-order valence-corrected chi connectivity index (χ1v) is 6.16. The lowest BCUT2D eigenvalue weighted by atomic mass is 10.0. The van der Waals surface area contributed by atoms with Crippen LogP contribution in [0.3, 0.4) is 0 Å². The van der Waals surface area contributed by atoms with Gasteiger partial charge in [0.25, 0.3) is 0 Å². The zero-order valence-electron chi connectivity index (χ0n) is 9.79. The van der Waals surface area contributed by atoms with Crippen molar-refractivity contribution in [2.24, 2.45) is 5.73 Å². The Balaban J connectivity index is 2.98. The lowest BCUT2D eigenvalue weighted by Crippen LogP contribution is -2.12. The Kier molecular flexibility index (Phi) is 5.03. The second-order valence-corrected chi connectivity index (χ2v) is 4.80. The molecular formula is C13H18BrNO. The Morgan fingerprint density at radius 1 is 1.56 bits per heavy atom. The highest BCUT2D eigenvalue weighted by molar-refractivity contribution is 9.10. The molecule has 0 bridgehead atoms. The summed E-state index contributed by atoms with van der Waals surface area (Å²) in [6.07, 6.45) is 0.774. The average Bonchev–Trinajstić information content (AvgIpc) is 2.20. The van der Waals surface area contributed by atoms with Gasteiger partial charge in [-0.2, -0.15) is 0 Å². The van der Waals surface area contributed by atoms with Crippen molar-refractivity contribution < 1.29 is 4.74 Å². The van der Waals surface area contributed by atoms with E-state index in [0.717, 1.165) is 27.8 Å². The van der Waals surface area contributed by atoms with Crippen molar-refractivity contribution in [1.82, 2.24) is 0 Å². The zero-order chi connectivity index (χ0) is 12.1. The zero-order valence-corrected chi connectivity index (χ0v) is 11.4. The van der Waals surface area contributed by atoms with E-state index in [0.29, 0.717) is 6.61 Å². The maximum atomic E-state index is 6.13. The van der Waals surface area contributed by atoms with E-state index in [4.69, 9.17) is 10.5 Å². The van der Waals surface area contributed by atoms with Gasteiger partial charge in [-0.1, -0.05) is 21.5 Å². The molecule has 16 heavy (non-hydrogen) atoms. The first kappa shape index (κ1) is 13.3. The van der Waals surface area contributed by atoms with E-state index < -0.39 is 0 Å². The van der Waals surface area contributed by atoms with Crippen LogP contribution >= 0.6 is 15.9 Å². The van der Waals surface area contributed by atoms with Crippen LogP contribution in [0.25, 0.3) is 0 Å². The highest BCUT2D eigenvalue weighted by Gasteiger charge is 2.12. The number of ether oxygens (including phenoxy) is 1. The van der Waals surface area contributed by atoms with Crippen LogP contribution in [0.2, 0.25) is 0 Å². The Hall–Kier alpha value is -0.800. The second kappa shape index (κ2) is 6.06. The molecule has 88 valence electrons. The topological polar surface area (TPSA) is 35.2 Å². The predicted octanol–water partition coefficient (Wildman–Crippen LogP) is 3.81. The normalized spacial score (nSPS) is 12.2. The minimum atomic E-state index is -0.0588. The van der Waals surface area contributed by atoms with Gasteiger partial charge >= 0.3 is 0 Å². The third-order valence-electron chi connectivity index (χ3n) is 2.24. The molecule has 1 rings (SSSR count). The molecule has 3 heteroatoms. The number of rotatable bonds is 5. The fraction of sp³-hybridized carbons (Fsp3) is 0.385. The first-order chi connectivity index (χ1) is 7.54. The van der Waals surface area contributed by atoms with Gasteiger partial charge in [0.05, 0.1) is 6.61 Å². The van der Waals surface area contributed by atoms with E-state index in [1.54, 1.807) is 0 Å². The number of nitrogens with two attached hydrogens (primary N) is 1. The van der Waals surface area contributed by atoms with Crippen molar-refractivity contribution in [3.8, 4) is 5.75 Å². The molecule has 0 heterocycles. The number of halogens is 1. The standard InChI is InChI=1S/C13H18BrNO/c1-4-16-13-6-5-10(14)8-11(13)12(15)7-9(2)3/h5-6,8,12H,2,4,7,15H2,1,3H3/t12-/m0/s1. The van der Waals surface area contributed by atoms with E-state index in [1.165, 1.54) is 0 Å². The highest BCUT2D eigenvalue weighted by Crippen LogP contribution is 2.30. The summed E-state index contributed by atoms with van der Waals surface area (Å²) < 4.78 is 6.58. The van der Waals surface area contributed by atoms with Gasteiger partial charge in [-0.15, -0.1) is 6.58 Å². The molecule has 0 fully saturated rings. The van der Waals surface area contributed by atoms with Crippen molar-refractivity contribution >= 4 is 15.9 Å². The lowest BCUT2D eigenvalue weighted by molar-refractivity contribution is 0.334. The molecule has 1 aromatic carbocycles. The molecular weight excluding hydrogens is 266 g/mol. The molecule has 0 spiro atoms. The Morgan fingerprint density at radius 2 is 2.25 bits per heavy atom. The summed E-state index contributed by atoms with van der Waals surface area (Å²) in [6, 6.07) is 5.86. The third kappa shape index (κ3) is 3.65. The predicted molar refractivity (Wildman–Crippen MR) is 71.7 cm³/mol. The summed E-state index contributed by atoms with van der Waals surface area (Å²) in [6.45, 7) is 8.49. The monoisotopic (exact) mass is 283 g/mol. The lowest BCUT2D eigenvalue weighted by Gasteiger charge is -2.17. The van der Waals surface area contributed by atoms with Crippen LogP contribution < -0.4 is 10.5 Å². The van der Waals surface area contributed by atoms with Crippen LogP contribution in [0.4, 0.5) is 0 Å². The van der Waals surface area contributed by atoms with E-state index in [-0.39, 0.29) is 6.04 Å². The number of benzene rings is 1. The van der Waals surface area contributed by atoms with E-state index >= 15 is 0 Å². The molecule has 0 aliphatic rings. The van der Waals surface area contributed by atoms with Crippen LogP contribution in [0.15, 0.2) is 34.8 Å². The van der Waals surface area contributed by atoms with Crippen molar-refractivity contribution in [2.45, 2.75) is 26.3 Å². The Labute approximate surface area is 106 Å². The van der Waals surface area contributed by atoms with Crippen molar-refractivity contribution in [3.05, 3.63) is 40.4 Å². The number of hydrogen-bond acceptors (Lipinski definition) is 2. The largest absolute Gasteiger partial charge is 0.494 e. The van der Waals surface area contributed by atoms with E-state index in [9.17, 15) is 0 Å². The van der Waals surface area contributed by atoms with Crippen molar-refractivity contribution in [1.29, 1.82) is 0 Å². The molecule has 0 amide bonds. The molecule has 0 aliphatic heterocycles. The minimum absolute atomic E-state index is 0.0588. The van der Waals surface area contributed by atoms with Gasteiger partial charge in [0.15, 0.2) is 0 Å². The molecule has 0 saturated carbocycles. The first-order valence-electron chi connectivity index (χ1n) is 5.36. The Bertz CT molecular complexity index is 376. The van der Waals surface area contributed by atoms with Crippen LogP contribution in [-0.2, 0) is 0 Å². The molecule has 1 atom stereocenters. The molecule has 0 unspecified atom stereocenters. The maximum Gasteiger partial charge on any atom is 0.124 e. The SMILES string of the molecule is C=C(C)C[C@H](N)c1cc(Br)ccc1OCC. The van der Waals surface area contributed by atoms with Gasteiger partial charge in [0.1, 0.15) is 5.75 Å². The highest BCUT2D eigenvalue weighted by atomic mass is 79.9. The van der Waals surface area contributed by atoms with Crippen LogP contribution in [-0.4, -0.2) is 6.61 Å². The fourth-order valence-corrected chi connectivity index (χ4v) is 1.96. The van der Waals surface area contributed by atoms with Gasteiger partial charge in [-0.3, -0.25) is 0 Å². The van der Waals surface area contributed by atoms with Gasteiger partial charge in [-0.25, -0.2) is 0 Å². The average molecular weight is 284 g/mol. The third-order valence-corrected chi connectivity index (χ3v) is 2.73. The van der Waals surface area contributed by atoms with E-state index in [1.807, 2.05) is 32.0 Å². The minimum Gasteiger partial charge on any atom is -0.494 e. The summed E-state index contributed by atoms with van der Waals surface area (Å²) in [7, 11) is 0. The maximum absolute atomic E-state index is 6.13. The fourth-order valence-electron chi connectivity index (χ4n) is 1.58. The second-order valence-electron chi connectivity index (χ2n) is 3.88. The quantitative estimate of drug-likeness (QED) is 0.834. The Morgan fingerprint density at radius 3 is 2.81 bits per heavy atom. The molecule has 0 radical (unpaired) electrons. The summed E-state index contributed by atoms with van der Waals surface area (Å²) in [5.74, 6) is 0.861. The molecule has 1 aromatic rings. The molecule has 2 N–H and O–H groups in total.